The highest BCUT2D eigenvalue weighted by Gasteiger charge is 2.57. The van der Waals surface area contributed by atoms with E-state index < -0.39 is 51.4 Å². The third kappa shape index (κ3) is 6.09. The number of carbonyl (C=O) groups excluding carboxylic acids is 3. The number of thiazole rings is 1. The lowest BCUT2D eigenvalue weighted by molar-refractivity contribution is -0.137. The number of hydrogen-bond donors (Lipinski definition) is 1. The number of nitrogens with one attached hydrogen (secondary N) is 1. The quantitative estimate of drug-likeness (QED) is 0.229. The highest BCUT2D eigenvalue weighted by molar-refractivity contribution is 8.00. The van der Waals surface area contributed by atoms with Gasteiger partial charge in [0, 0.05) is 16.5 Å². The molecule has 13 heteroatoms. The number of alkyl halides is 3. The highest BCUT2D eigenvalue weighted by atomic mass is 32.2. The second-order valence-corrected chi connectivity index (χ2v) is 14.5. The minimum Gasteiger partial charge on any atom is -0.497 e. The fourth-order valence-electron chi connectivity index (χ4n) is 5.90. The maximum absolute atomic E-state index is 14.1. The van der Waals surface area contributed by atoms with Crippen molar-refractivity contribution < 1.29 is 32.3 Å². The van der Waals surface area contributed by atoms with Crippen molar-refractivity contribution in [2.75, 3.05) is 17.3 Å². The molecule has 2 aliphatic rings. The van der Waals surface area contributed by atoms with Gasteiger partial charge < -0.3 is 10.1 Å². The molecular weight excluding hydrogens is 652 g/mol. The topological polar surface area (TPSA) is 97.7 Å². The lowest BCUT2D eigenvalue weighted by Gasteiger charge is -2.31. The Morgan fingerprint density at radius 1 is 0.915 bits per heavy atom. The molecule has 47 heavy (non-hydrogen) atoms. The Hall–Kier alpha value is -4.36. The van der Waals surface area contributed by atoms with Gasteiger partial charge in [0.15, 0.2) is 0 Å². The average molecular weight is 682 g/mol. The fourth-order valence-corrected chi connectivity index (χ4v) is 8.67. The molecule has 1 fully saturated rings. The molecule has 1 N–H and O–H groups in total. The molecule has 4 aromatic rings. The number of methoxy groups -OCH3 is 1. The second-order valence-electron chi connectivity index (χ2n) is 12.4. The summed E-state index contributed by atoms with van der Waals surface area (Å²) in [5, 5.41) is 2.09. The Morgan fingerprint density at radius 3 is 2.21 bits per heavy atom. The average Bonchev–Trinajstić information content (AvgIpc) is 3.46. The number of benzene rings is 3. The van der Waals surface area contributed by atoms with E-state index in [4.69, 9.17) is 4.74 Å². The largest absolute Gasteiger partial charge is 0.497 e. The standard InChI is InChI=1S/C34H30F3N3O5S2/c1-33(2,3)19-10-8-18(9-11-19)25-26-27(30(43)40(29(26)42)22-7-5-6-20(16-22)34(35,36)37)46-31-28(25)47-32(44)39(31)17-24(41)38-21-12-14-23(45-4)15-13-21/h5-16,25-27H,17H2,1-4H3,(H,38,41)/t25-,26?,27?/m0/s1. The van der Waals surface area contributed by atoms with Crippen molar-refractivity contribution in [2.24, 2.45) is 5.92 Å². The zero-order chi connectivity index (χ0) is 33.8. The van der Waals surface area contributed by atoms with E-state index in [0.29, 0.717) is 26.9 Å². The lowest BCUT2D eigenvalue weighted by Crippen LogP contribution is -2.33. The van der Waals surface area contributed by atoms with E-state index in [1.807, 2.05) is 24.3 Å². The van der Waals surface area contributed by atoms with Crippen molar-refractivity contribution in [3.05, 3.63) is 104 Å². The zero-order valence-electron chi connectivity index (χ0n) is 25.8. The molecule has 3 aromatic carbocycles. The smallest absolute Gasteiger partial charge is 0.416 e. The molecule has 244 valence electrons. The first-order valence-corrected chi connectivity index (χ1v) is 16.4. The number of anilines is 2. The molecule has 2 unspecified atom stereocenters. The van der Waals surface area contributed by atoms with Gasteiger partial charge >= 0.3 is 11.0 Å². The van der Waals surface area contributed by atoms with E-state index in [1.54, 1.807) is 24.3 Å². The van der Waals surface area contributed by atoms with E-state index in [2.05, 4.69) is 26.1 Å². The summed E-state index contributed by atoms with van der Waals surface area (Å²) in [7, 11) is 1.52. The molecule has 1 aromatic heterocycles. The second kappa shape index (κ2) is 12.0. The van der Waals surface area contributed by atoms with Crippen LogP contribution in [0.2, 0.25) is 0 Å². The Morgan fingerprint density at radius 2 is 1.60 bits per heavy atom. The van der Waals surface area contributed by atoms with E-state index >= 15 is 0 Å². The van der Waals surface area contributed by atoms with Crippen LogP contribution in [0.15, 0.2) is 82.6 Å². The van der Waals surface area contributed by atoms with Crippen LogP contribution in [0.25, 0.3) is 0 Å². The number of fused-ring (bicyclic) bond motifs is 2. The molecule has 0 bridgehead atoms. The van der Waals surface area contributed by atoms with Crippen LogP contribution in [0.3, 0.4) is 0 Å². The normalized spacial score (nSPS) is 19.4. The van der Waals surface area contributed by atoms with Crippen LogP contribution >= 0.6 is 23.1 Å². The first kappa shape index (κ1) is 32.6. The summed E-state index contributed by atoms with van der Waals surface area (Å²) < 4.78 is 47.2. The molecule has 8 nitrogen and oxygen atoms in total. The van der Waals surface area contributed by atoms with Gasteiger partial charge in [0.2, 0.25) is 17.7 Å². The summed E-state index contributed by atoms with van der Waals surface area (Å²) >= 11 is 1.89. The van der Waals surface area contributed by atoms with Crippen molar-refractivity contribution >= 4 is 52.2 Å². The van der Waals surface area contributed by atoms with Crippen LogP contribution < -0.4 is 19.8 Å². The number of halogens is 3. The molecule has 1 saturated heterocycles. The Bertz CT molecular complexity index is 1930. The predicted octanol–water partition coefficient (Wildman–Crippen LogP) is 6.67. The van der Waals surface area contributed by atoms with E-state index in [9.17, 15) is 32.3 Å². The molecule has 0 radical (unpaired) electrons. The number of thioether (sulfide) groups is 1. The van der Waals surface area contributed by atoms with E-state index in [-0.39, 0.29) is 17.6 Å². The monoisotopic (exact) mass is 681 g/mol. The summed E-state index contributed by atoms with van der Waals surface area (Å²) in [6.07, 6.45) is -4.67. The summed E-state index contributed by atoms with van der Waals surface area (Å²) in [6.45, 7) is 5.82. The zero-order valence-corrected chi connectivity index (χ0v) is 27.4. The molecule has 0 aliphatic carbocycles. The molecular formula is C34H30F3N3O5S2. The van der Waals surface area contributed by atoms with Gasteiger partial charge in [0.25, 0.3) is 0 Å². The molecule has 2 aliphatic heterocycles. The maximum atomic E-state index is 14.1. The van der Waals surface area contributed by atoms with Crippen LogP contribution in [0.5, 0.6) is 5.75 Å². The summed E-state index contributed by atoms with van der Waals surface area (Å²) in [5.74, 6) is -2.94. The van der Waals surface area contributed by atoms with Crippen molar-refractivity contribution in [1.82, 2.24) is 4.57 Å². The summed E-state index contributed by atoms with van der Waals surface area (Å²) in [6, 6.07) is 18.4. The van der Waals surface area contributed by atoms with Crippen molar-refractivity contribution in [3.8, 4) is 5.75 Å². The highest BCUT2D eigenvalue weighted by Crippen LogP contribution is 2.54. The Balaban J connectivity index is 1.41. The SMILES string of the molecule is COc1ccc(NC(=O)Cn2c3c(sc2=O)[C@@H](c2ccc(C(C)(C)C)cc2)C2C(=O)N(c4cccc(C(F)(F)F)c4)C(=O)C2S3)cc1. The molecule has 6 rings (SSSR count). The maximum Gasteiger partial charge on any atom is 0.416 e. The van der Waals surface area contributed by atoms with Crippen LogP contribution in [-0.4, -0.2) is 34.6 Å². The van der Waals surface area contributed by atoms with Gasteiger partial charge in [-0.2, -0.15) is 13.2 Å². The third-order valence-corrected chi connectivity index (χ3v) is 10.9. The molecule has 3 heterocycles. The third-order valence-electron chi connectivity index (χ3n) is 8.29. The van der Waals surface area contributed by atoms with Gasteiger partial charge in [-0.1, -0.05) is 74.2 Å². The van der Waals surface area contributed by atoms with E-state index in [1.165, 1.54) is 17.7 Å². The molecule has 0 spiro atoms. The van der Waals surface area contributed by atoms with Crippen molar-refractivity contribution in [2.45, 2.75) is 55.1 Å². The minimum absolute atomic E-state index is 0.167. The van der Waals surface area contributed by atoms with Gasteiger partial charge in [-0.05, 0) is 59.0 Å². The Labute approximate surface area is 276 Å². The van der Waals surface area contributed by atoms with Gasteiger partial charge in [-0.25, -0.2) is 4.90 Å². The van der Waals surface area contributed by atoms with Crippen LogP contribution in [0.1, 0.15) is 48.3 Å². The molecule has 3 amide bonds. The summed E-state index contributed by atoms with van der Waals surface area (Å²) in [4.78, 5) is 55.5. The van der Waals surface area contributed by atoms with Crippen LogP contribution in [0, 0.1) is 5.92 Å². The number of aromatic nitrogens is 1. The minimum atomic E-state index is -4.67. The van der Waals surface area contributed by atoms with E-state index in [0.717, 1.165) is 51.8 Å². The van der Waals surface area contributed by atoms with Gasteiger partial charge in [-0.15, -0.1) is 0 Å². The number of rotatable bonds is 6. The van der Waals surface area contributed by atoms with Gasteiger partial charge in [-0.3, -0.25) is 23.7 Å². The first-order valence-electron chi connectivity index (χ1n) is 14.7. The number of hydrogen-bond acceptors (Lipinski definition) is 7. The molecule has 0 saturated carbocycles. The number of imide groups is 1. The predicted molar refractivity (Wildman–Crippen MR) is 174 cm³/mol. The van der Waals surface area contributed by atoms with Gasteiger partial charge in [0.1, 0.15) is 17.5 Å². The van der Waals surface area contributed by atoms with Crippen molar-refractivity contribution in [3.63, 3.8) is 0 Å². The van der Waals surface area contributed by atoms with Crippen molar-refractivity contribution in [1.29, 1.82) is 0 Å². The molecule has 3 atom stereocenters. The number of carbonyl (C=O) groups is 3. The van der Waals surface area contributed by atoms with Gasteiger partial charge in [0.05, 0.1) is 29.3 Å². The van der Waals surface area contributed by atoms with Crippen LogP contribution in [-0.2, 0) is 32.5 Å². The number of amides is 3. The first-order chi connectivity index (χ1) is 22.2. The lowest BCUT2D eigenvalue weighted by atomic mass is 9.81. The van der Waals surface area contributed by atoms with Crippen LogP contribution in [0.4, 0.5) is 24.5 Å². The number of nitrogens with zero attached hydrogens (tertiary/aromatic N) is 2. The number of ether oxygens (including phenoxy) is 1. The summed E-state index contributed by atoms with van der Waals surface area (Å²) in [5.41, 5.74) is 0.876. The Kier molecular flexibility index (Phi) is 8.33. The fraction of sp³-hybridized carbons (Fsp3) is 0.294.